The topological polar surface area (TPSA) is 24.9 Å². The fourth-order valence-electron chi connectivity index (χ4n) is 2.00. The van der Waals surface area contributed by atoms with Crippen LogP contribution in [0.1, 0.15) is 35.3 Å². The van der Waals surface area contributed by atoms with E-state index in [2.05, 4.69) is 19.3 Å². The van der Waals surface area contributed by atoms with Crippen LogP contribution >= 0.6 is 11.3 Å². The van der Waals surface area contributed by atoms with Gasteiger partial charge in [-0.15, -0.1) is 11.3 Å². The lowest BCUT2D eigenvalue weighted by molar-refractivity contribution is 0.496. The molecule has 0 radical (unpaired) electrons. The van der Waals surface area contributed by atoms with Crippen molar-refractivity contribution in [3.8, 4) is 0 Å². The molecule has 1 atom stereocenters. The SMILES string of the molecule is CCCc1nc2c(s1)CC(NC)CC2. The third kappa shape index (κ3) is 1.98. The van der Waals surface area contributed by atoms with E-state index in [1.165, 1.54) is 41.3 Å². The summed E-state index contributed by atoms with van der Waals surface area (Å²) in [5.74, 6) is 0. The van der Waals surface area contributed by atoms with Gasteiger partial charge in [-0.1, -0.05) is 6.92 Å². The van der Waals surface area contributed by atoms with Gasteiger partial charge in [0, 0.05) is 10.9 Å². The van der Waals surface area contributed by atoms with Crippen molar-refractivity contribution in [2.75, 3.05) is 7.05 Å². The first-order valence-corrected chi connectivity index (χ1v) is 6.29. The Bertz CT molecular complexity index is 306. The minimum Gasteiger partial charge on any atom is -0.317 e. The number of fused-ring (bicyclic) bond motifs is 1. The van der Waals surface area contributed by atoms with Crippen molar-refractivity contribution in [2.24, 2.45) is 0 Å². The van der Waals surface area contributed by atoms with Crippen LogP contribution in [0.2, 0.25) is 0 Å². The number of likely N-dealkylation sites (N-methyl/N-ethyl adjacent to an activating group) is 1. The first-order chi connectivity index (χ1) is 6.83. The molecule has 1 aromatic rings. The molecule has 78 valence electrons. The Labute approximate surface area is 89.8 Å². The van der Waals surface area contributed by atoms with Crippen LogP contribution in [-0.4, -0.2) is 18.1 Å². The van der Waals surface area contributed by atoms with E-state index in [4.69, 9.17) is 4.98 Å². The number of hydrogen-bond acceptors (Lipinski definition) is 3. The molecule has 1 heterocycles. The Morgan fingerprint density at radius 3 is 3.14 bits per heavy atom. The van der Waals surface area contributed by atoms with Crippen LogP contribution in [0.5, 0.6) is 0 Å². The van der Waals surface area contributed by atoms with E-state index in [0.29, 0.717) is 6.04 Å². The van der Waals surface area contributed by atoms with Gasteiger partial charge in [0.25, 0.3) is 0 Å². The van der Waals surface area contributed by atoms with Crippen LogP contribution in [0.25, 0.3) is 0 Å². The first kappa shape index (κ1) is 10.1. The van der Waals surface area contributed by atoms with E-state index < -0.39 is 0 Å². The van der Waals surface area contributed by atoms with Crippen LogP contribution in [0.15, 0.2) is 0 Å². The molecule has 1 aliphatic carbocycles. The van der Waals surface area contributed by atoms with Crippen LogP contribution in [0.3, 0.4) is 0 Å². The third-order valence-corrected chi connectivity index (χ3v) is 4.04. The van der Waals surface area contributed by atoms with E-state index in [-0.39, 0.29) is 0 Å². The molecular weight excluding hydrogens is 192 g/mol. The van der Waals surface area contributed by atoms with Crippen LogP contribution < -0.4 is 5.32 Å². The summed E-state index contributed by atoms with van der Waals surface area (Å²) in [6.45, 7) is 2.22. The second-order valence-corrected chi connectivity index (χ2v) is 5.12. The lowest BCUT2D eigenvalue weighted by Gasteiger charge is -2.19. The van der Waals surface area contributed by atoms with Gasteiger partial charge < -0.3 is 5.32 Å². The van der Waals surface area contributed by atoms with Gasteiger partial charge in [-0.3, -0.25) is 0 Å². The fourth-order valence-corrected chi connectivity index (χ4v) is 3.29. The molecule has 0 amide bonds. The molecule has 0 aliphatic heterocycles. The molecule has 0 aromatic carbocycles. The quantitative estimate of drug-likeness (QED) is 0.827. The molecule has 1 N–H and O–H groups in total. The normalized spacial score (nSPS) is 20.9. The van der Waals surface area contributed by atoms with Crippen LogP contribution in [-0.2, 0) is 19.3 Å². The average Bonchev–Trinajstić information content (AvgIpc) is 2.59. The highest BCUT2D eigenvalue weighted by Gasteiger charge is 2.20. The zero-order valence-electron chi connectivity index (χ0n) is 8.97. The summed E-state index contributed by atoms with van der Waals surface area (Å²) in [4.78, 5) is 6.23. The minimum atomic E-state index is 0.678. The molecule has 0 fully saturated rings. The van der Waals surface area contributed by atoms with Crippen molar-refractivity contribution in [3.05, 3.63) is 15.6 Å². The monoisotopic (exact) mass is 210 g/mol. The molecule has 1 unspecified atom stereocenters. The second-order valence-electron chi connectivity index (χ2n) is 3.96. The summed E-state index contributed by atoms with van der Waals surface area (Å²) in [6.07, 6.45) is 5.97. The van der Waals surface area contributed by atoms with Crippen LogP contribution in [0.4, 0.5) is 0 Å². The van der Waals surface area contributed by atoms with E-state index >= 15 is 0 Å². The number of aromatic nitrogens is 1. The minimum absolute atomic E-state index is 0.678. The maximum absolute atomic E-state index is 4.70. The van der Waals surface area contributed by atoms with Gasteiger partial charge >= 0.3 is 0 Å². The largest absolute Gasteiger partial charge is 0.317 e. The lowest BCUT2D eigenvalue weighted by atomic mass is 9.98. The summed E-state index contributed by atoms with van der Waals surface area (Å²) in [7, 11) is 2.06. The van der Waals surface area contributed by atoms with E-state index in [0.717, 1.165) is 6.42 Å². The Balaban J connectivity index is 2.12. The smallest absolute Gasteiger partial charge is 0.0931 e. The molecule has 0 saturated carbocycles. The predicted molar refractivity (Wildman–Crippen MR) is 61.0 cm³/mol. The number of hydrogen-bond donors (Lipinski definition) is 1. The Morgan fingerprint density at radius 2 is 2.43 bits per heavy atom. The zero-order chi connectivity index (χ0) is 9.97. The second kappa shape index (κ2) is 4.41. The summed E-state index contributed by atoms with van der Waals surface area (Å²) in [5.41, 5.74) is 1.38. The van der Waals surface area contributed by atoms with Crippen molar-refractivity contribution in [1.29, 1.82) is 0 Å². The highest BCUT2D eigenvalue weighted by atomic mass is 32.1. The van der Waals surface area contributed by atoms with E-state index in [1.807, 2.05) is 11.3 Å². The summed E-state index contributed by atoms with van der Waals surface area (Å²) in [5, 5.41) is 4.71. The summed E-state index contributed by atoms with van der Waals surface area (Å²) >= 11 is 1.93. The summed E-state index contributed by atoms with van der Waals surface area (Å²) in [6, 6.07) is 0.678. The molecule has 1 aromatic heterocycles. The van der Waals surface area contributed by atoms with Crippen LogP contribution in [0, 0.1) is 0 Å². The number of thiazole rings is 1. The predicted octanol–water partition coefficient (Wildman–Crippen LogP) is 2.17. The summed E-state index contributed by atoms with van der Waals surface area (Å²) < 4.78 is 0. The van der Waals surface area contributed by atoms with Crippen molar-refractivity contribution < 1.29 is 0 Å². The third-order valence-electron chi connectivity index (χ3n) is 2.86. The van der Waals surface area contributed by atoms with Crippen molar-refractivity contribution >= 4 is 11.3 Å². The molecular formula is C11H18N2S. The van der Waals surface area contributed by atoms with Gasteiger partial charge in [-0.05, 0) is 39.2 Å². The molecule has 0 saturated heterocycles. The maximum atomic E-state index is 4.70. The van der Waals surface area contributed by atoms with Gasteiger partial charge in [0.2, 0.25) is 0 Å². The van der Waals surface area contributed by atoms with E-state index in [9.17, 15) is 0 Å². The number of rotatable bonds is 3. The van der Waals surface area contributed by atoms with Gasteiger partial charge in [0.1, 0.15) is 0 Å². The number of aryl methyl sites for hydroxylation is 2. The zero-order valence-corrected chi connectivity index (χ0v) is 9.78. The number of nitrogens with one attached hydrogen (secondary N) is 1. The van der Waals surface area contributed by atoms with Crippen molar-refractivity contribution in [2.45, 2.75) is 45.1 Å². The highest BCUT2D eigenvalue weighted by Crippen LogP contribution is 2.27. The van der Waals surface area contributed by atoms with Gasteiger partial charge in [-0.2, -0.15) is 0 Å². The van der Waals surface area contributed by atoms with E-state index in [1.54, 1.807) is 0 Å². The standard InChI is InChI=1S/C11H18N2S/c1-3-4-11-13-9-6-5-8(12-2)7-10(9)14-11/h8,12H,3-7H2,1-2H3. The lowest BCUT2D eigenvalue weighted by Crippen LogP contribution is -2.30. The number of nitrogens with zero attached hydrogens (tertiary/aromatic N) is 1. The molecule has 3 heteroatoms. The highest BCUT2D eigenvalue weighted by molar-refractivity contribution is 7.11. The van der Waals surface area contributed by atoms with Gasteiger partial charge in [0.05, 0.1) is 10.7 Å². The molecule has 14 heavy (non-hydrogen) atoms. The van der Waals surface area contributed by atoms with Gasteiger partial charge in [0.15, 0.2) is 0 Å². The Kier molecular flexibility index (Phi) is 3.19. The molecule has 2 rings (SSSR count). The molecule has 1 aliphatic rings. The first-order valence-electron chi connectivity index (χ1n) is 5.48. The molecule has 0 spiro atoms. The van der Waals surface area contributed by atoms with Crippen molar-refractivity contribution in [3.63, 3.8) is 0 Å². The molecule has 0 bridgehead atoms. The Morgan fingerprint density at radius 1 is 1.57 bits per heavy atom. The Hall–Kier alpha value is -0.410. The molecule has 2 nitrogen and oxygen atoms in total. The van der Waals surface area contributed by atoms with Gasteiger partial charge in [-0.25, -0.2) is 4.98 Å². The fraction of sp³-hybridized carbons (Fsp3) is 0.727. The maximum Gasteiger partial charge on any atom is 0.0931 e. The average molecular weight is 210 g/mol. The van der Waals surface area contributed by atoms with Crippen molar-refractivity contribution in [1.82, 2.24) is 10.3 Å².